The van der Waals surface area contributed by atoms with Crippen LogP contribution in [0.25, 0.3) is 22.7 Å². The van der Waals surface area contributed by atoms with Crippen LogP contribution in [0, 0.1) is 19.7 Å². The van der Waals surface area contributed by atoms with Crippen molar-refractivity contribution in [3.63, 3.8) is 0 Å². The van der Waals surface area contributed by atoms with Gasteiger partial charge in [0.15, 0.2) is 5.78 Å². The van der Waals surface area contributed by atoms with E-state index in [0.29, 0.717) is 23.1 Å². The molecule has 0 fully saturated rings. The summed E-state index contributed by atoms with van der Waals surface area (Å²) < 4.78 is 17.0. The van der Waals surface area contributed by atoms with Crippen molar-refractivity contribution in [3.8, 4) is 5.69 Å². The molecule has 0 radical (unpaired) electrons. The molecule has 0 spiro atoms. The van der Waals surface area contributed by atoms with E-state index in [1.54, 1.807) is 4.57 Å². The number of rotatable bonds is 4. The number of halogens is 2. The number of allylic oxidation sites excluding steroid dienone is 1. The zero-order valence-corrected chi connectivity index (χ0v) is 17.7. The van der Waals surface area contributed by atoms with E-state index in [1.807, 2.05) is 32.9 Å². The van der Waals surface area contributed by atoms with Crippen LogP contribution in [-0.2, 0) is 11.2 Å². The van der Waals surface area contributed by atoms with Gasteiger partial charge in [-0.25, -0.2) is 9.37 Å². The van der Waals surface area contributed by atoms with Crippen LogP contribution in [0.15, 0.2) is 39.6 Å². The molecule has 0 aliphatic heterocycles. The summed E-state index contributed by atoms with van der Waals surface area (Å²) >= 11 is 3.51. The normalized spacial score (nSPS) is 11.5. The van der Waals surface area contributed by atoms with Crippen LogP contribution in [0.2, 0.25) is 0 Å². The maximum atomic E-state index is 14.4. The molecule has 0 amide bonds. The average molecular weight is 443 g/mol. The summed E-state index contributed by atoms with van der Waals surface area (Å²) in [5, 5.41) is 0.307. The third-order valence-corrected chi connectivity index (χ3v) is 5.44. The molecule has 0 unspecified atom stereocenters. The second kappa shape index (κ2) is 7.80. The van der Waals surface area contributed by atoms with Crippen molar-refractivity contribution in [1.29, 1.82) is 0 Å². The standard InChI is InChI=1S/C22H20BrFN2O2/c1-5-21-25-19-11-18(24)15(7-6-14(4)27)10-16(19)22(28)26(21)20-9-12(2)17(23)8-13(20)3/h6-11H,5H2,1-4H3/b7-6+. The summed E-state index contributed by atoms with van der Waals surface area (Å²) in [6.07, 6.45) is 3.18. The SMILES string of the molecule is CCc1nc2cc(F)c(/C=C/C(C)=O)cc2c(=O)n1-c1cc(C)c(Br)cc1C. The molecule has 1 heterocycles. The molecule has 1 aromatic heterocycles. The summed E-state index contributed by atoms with van der Waals surface area (Å²) in [6.45, 7) is 7.18. The molecule has 0 saturated carbocycles. The van der Waals surface area contributed by atoms with E-state index in [2.05, 4.69) is 20.9 Å². The van der Waals surface area contributed by atoms with Crippen molar-refractivity contribution < 1.29 is 9.18 Å². The molecule has 144 valence electrons. The van der Waals surface area contributed by atoms with Crippen LogP contribution < -0.4 is 5.56 Å². The number of hydrogen-bond donors (Lipinski definition) is 0. The lowest BCUT2D eigenvalue weighted by molar-refractivity contribution is -0.112. The van der Waals surface area contributed by atoms with Crippen molar-refractivity contribution in [2.45, 2.75) is 34.1 Å². The number of carbonyl (C=O) groups excluding carboxylic acids is 1. The van der Waals surface area contributed by atoms with Gasteiger partial charge in [-0.1, -0.05) is 22.9 Å². The summed E-state index contributed by atoms with van der Waals surface area (Å²) in [5.74, 6) is -0.154. The monoisotopic (exact) mass is 442 g/mol. The van der Waals surface area contributed by atoms with Crippen molar-refractivity contribution in [2.24, 2.45) is 0 Å². The molecule has 0 aliphatic carbocycles. The molecule has 3 aromatic rings. The fraction of sp³-hybridized carbons (Fsp3) is 0.227. The van der Waals surface area contributed by atoms with Gasteiger partial charge in [-0.2, -0.15) is 0 Å². The Morgan fingerprint density at radius 3 is 2.57 bits per heavy atom. The van der Waals surface area contributed by atoms with Gasteiger partial charge in [0.25, 0.3) is 5.56 Å². The van der Waals surface area contributed by atoms with E-state index in [4.69, 9.17) is 0 Å². The van der Waals surface area contributed by atoms with Gasteiger partial charge in [0.1, 0.15) is 11.6 Å². The topological polar surface area (TPSA) is 52.0 Å². The van der Waals surface area contributed by atoms with E-state index >= 15 is 0 Å². The second-order valence-corrected chi connectivity index (χ2v) is 7.60. The van der Waals surface area contributed by atoms with Gasteiger partial charge in [0, 0.05) is 22.5 Å². The van der Waals surface area contributed by atoms with Gasteiger partial charge < -0.3 is 0 Å². The van der Waals surface area contributed by atoms with Crippen molar-refractivity contribution in [3.05, 3.63) is 73.5 Å². The van der Waals surface area contributed by atoms with Gasteiger partial charge in [-0.05, 0) is 62.2 Å². The lowest BCUT2D eigenvalue weighted by Gasteiger charge is -2.16. The maximum Gasteiger partial charge on any atom is 0.266 e. The van der Waals surface area contributed by atoms with Crippen LogP contribution in [0.5, 0.6) is 0 Å². The number of fused-ring (bicyclic) bond motifs is 1. The lowest BCUT2D eigenvalue weighted by Crippen LogP contribution is -2.24. The Labute approximate surface area is 170 Å². The van der Waals surface area contributed by atoms with Gasteiger partial charge in [0.2, 0.25) is 0 Å². The number of aromatic nitrogens is 2. The zero-order chi connectivity index (χ0) is 20.6. The number of benzene rings is 2. The maximum absolute atomic E-state index is 14.4. The highest BCUT2D eigenvalue weighted by Crippen LogP contribution is 2.25. The Morgan fingerprint density at radius 2 is 1.93 bits per heavy atom. The van der Waals surface area contributed by atoms with Crippen LogP contribution in [-0.4, -0.2) is 15.3 Å². The number of nitrogens with zero attached hydrogens (tertiary/aromatic N) is 2. The lowest BCUT2D eigenvalue weighted by atomic mass is 10.1. The number of ketones is 1. The Hall–Kier alpha value is -2.60. The Morgan fingerprint density at radius 1 is 1.21 bits per heavy atom. The smallest absolute Gasteiger partial charge is 0.266 e. The first-order valence-electron chi connectivity index (χ1n) is 8.93. The van der Waals surface area contributed by atoms with Crippen LogP contribution in [0.1, 0.15) is 36.4 Å². The zero-order valence-electron chi connectivity index (χ0n) is 16.1. The Balaban J connectivity index is 2.36. The highest BCUT2D eigenvalue weighted by Gasteiger charge is 2.16. The first-order valence-corrected chi connectivity index (χ1v) is 9.73. The van der Waals surface area contributed by atoms with Gasteiger partial charge in [-0.15, -0.1) is 0 Å². The number of aryl methyl sites for hydroxylation is 3. The van der Waals surface area contributed by atoms with E-state index in [9.17, 15) is 14.0 Å². The summed E-state index contributed by atoms with van der Waals surface area (Å²) in [6, 6.07) is 6.61. The highest BCUT2D eigenvalue weighted by atomic mass is 79.9. The second-order valence-electron chi connectivity index (χ2n) is 6.74. The van der Waals surface area contributed by atoms with Crippen molar-refractivity contribution >= 4 is 38.7 Å². The third-order valence-electron chi connectivity index (χ3n) is 4.59. The average Bonchev–Trinajstić information content (AvgIpc) is 2.63. The molecule has 0 atom stereocenters. The quantitative estimate of drug-likeness (QED) is 0.530. The van der Waals surface area contributed by atoms with Crippen molar-refractivity contribution in [2.75, 3.05) is 0 Å². The van der Waals surface area contributed by atoms with Crippen LogP contribution in [0.4, 0.5) is 4.39 Å². The first-order chi connectivity index (χ1) is 13.2. The molecule has 0 aliphatic rings. The summed E-state index contributed by atoms with van der Waals surface area (Å²) in [5.41, 5.74) is 2.91. The van der Waals surface area contributed by atoms with Gasteiger partial charge in [0.05, 0.1) is 16.6 Å². The molecule has 0 N–H and O–H groups in total. The third kappa shape index (κ3) is 3.69. The van der Waals surface area contributed by atoms with E-state index in [0.717, 1.165) is 21.3 Å². The fourth-order valence-corrected chi connectivity index (χ4v) is 3.55. The largest absolute Gasteiger partial charge is 0.295 e. The minimum atomic E-state index is -0.521. The Bertz CT molecular complexity index is 1200. The molecule has 4 nitrogen and oxygen atoms in total. The fourth-order valence-electron chi connectivity index (χ4n) is 3.10. The minimum Gasteiger partial charge on any atom is -0.295 e. The molecule has 2 aromatic carbocycles. The first kappa shape index (κ1) is 20.1. The minimum absolute atomic E-state index is 0.182. The molecule has 6 heteroatoms. The predicted octanol–water partition coefficient (Wildman–Crippen LogP) is 5.07. The Kier molecular flexibility index (Phi) is 5.61. The number of carbonyl (C=O) groups is 1. The summed E-state index contributed by atoms with van der Waals surface area (Å²) in [4.78, 5) is 29.1. The van der Waals surface area contributed by atoms with E-state index < -0.39 is 5.82 Å². The van der Waals surface area contributed by atoms with Crippen LogP contribution in [0.3, 0.4) is 0 Å². The van der Waals surface area contributed by atoms with E-state index in [-0.39, 0.29) is 16.9 Å². The van der Waals surface area contributed by atoms with Gasteiger partial charge >= 0.3 is 0 Å². The molecular formula is C22H20BrFN2O2. The predicted molar refractivity (Wildman–Crippen MR) is 114 cm³/mol. The summed E-state index contributed by atoms with van der Waals surface area (Å²) in [7, 11) is 0. The molecule has 28 heavy (non-hydrogen) atoms. The van der Waals surface area contributed by atoms with Gasteiger partial charge in [-0.3, -0.25) is 14.2 Å². The molecule has 0 saturated heterocycles. The molecular weight excluding hydrogens is 423 g/mol. The highest BCUT2D eigenvalue weighted by molar-refractivity contribution is 9.10. The molecule has 0 bridgehead atoms. The van der Waals surface area contributed by atoms with E-state index in [1.165, 1.54) is 31.2 Å². The van der Waals surface area contributed by atoms with Crippen LogP contribution >= 0.6 is 15.9 Å². The number of hydrogen-bond acceptors (Lipinski definition) is 3. The molecule has 3 rings (SSSR count). The van der Waals surface area contributed by atoms with Crippen molar-refractivity contribution in [1.82, 2.24) is 9.55 Å².